The molecule has 0 radical (unpaired) electrons. The first-order valence-electron chi connectivity index (χ1n) is 20.6. The molecule has 2 aromatic rings. The quantitative estimate of drug-likeness (QED) is 0.257. The predicted octanol–water partition coefficient (Wildman–Crippen LogP) is 1.59. The Morgan fingerprint density at radius 3 is 2.39 bits per heavy atom. The molecule has 16 nitrogen and oxygen atoms in total. The third-order valence-corrected chi connectivity index (χ3v) is 11.9. The molecule has 0 spiro atoms. The minimum atomic E-state index is -1.48. The monoisotopic (exact) mass is 815 g/mol. The summed E-state index contributed by atoms with van der Waals surface area (Å²) in [6.45, 7) is 8.66. The number of rotatable bonds is 7. The second-order valence-electron chi connectivity index (χ2n) is 16.9. The van der Waals surface area contributed by atoms with Crippen molar-refractivity contribution < 1.29 is 43.4 Å². The van der Waals surface area contributed by atoms with Crippen LogP contribution in [0, 0.1) is 19.8 Å². The van der Waals surface area contributed by atoms with Gasteiger partial charge in [-0.15, -0.1) is 0 Å². The Labute approximate surface area is 344 Å². The first-order valence-corrected chi connectivity index (χ1v) is 20.6. The molecule has 4 saturated heterocycles. The second kappa shape index (κ2) is 18.3. The van der Waals surface area contributed by atoms with Crippen molar-refractivity contribution in [2.45, 2.75) is 121 Å². The minimum Gasteiger partial charge on any atom is -0.391 e. The van der Waals surface area contributed by atoms with Crippen LogP contribution >= 0.6 is 0 Å². The molecule has 59 heavy (non-hydrogen) atoms. The highest BCUT2D eigenvalue weighted by atomic mass is 16.5. The van der Waals surface area contributed by atoms with Gasteiger partial charge in [-0.25, -0.2) is 4.79 Å². The molecule has 0 saturated carbocycles. The van der Waals surface area contributed by atoms with E-state index in [2.05, 4.69) is 21.3 Å². The van der Waals surface area contributed by atoms with E-state index in [0.29, 0.717) is 31.2 Å². The molecule has 0 bridgehead atoms. The topological polar surface area (TPSA) is 207 Å². The molecule has 318 valence electrons. The minimum absolute atomic E-state index is 0.0498. The van der Waals surface area contributed by atoms with Crippen LogP contribution in [-0.4, -0.2) is 136 Å². The highest BCUT2D eigenvalue weighted by Crippen LogP contribution is 2.34. The number of hydrogen-bond acceptors (Lipinski definition) is 9. The van der Waals surface area contributed by atoms with Gasteiger partial charge in [0.15, 0.2) is 0 Å². The zero-order valence-electron chi connectivity index (χ0n) is 34.4. The number of aliphatic hydroxyl groups is 1. The van der Waals surface area contributed by atoms with Crippen molar-refractivity contribution in [3.63, 3.8) is 0 Å². The molecule has 1 unspecified atom stereocenters. The lowest BCUT2D eigenvalue weighted by atomic mass is 9.94. The van der Waals surface area contributed by atoms with E-state index in [1.54, 1.807) is 32.0 Å². The van der Waals surface area contributed by atoms with Gasteiger partial charge in [0.05, 0.1) is 18.8 Å². The number of carbonyl (C=O) groups is 7. The highest BCUT2D eigenvalue weighted by molar-refractivity contribution is 5.98. The maximum atomic E-state index is 14.9. The third-order valence-electron chi connectivity index (χ3n) is 11.9. The molecule has 4 aliphatic rings. The molecule has 5 N–H and O–H groups in total. The lowest BCUT2D eigenvalue weighted by Crippen LogP contribution is -2.64. The number of hydrogen-bond donors (Lipinski definition) is 5. The molecule has 0 aromatic heterocycles. The number of nitrogens with zero attached hydrogens (tertiary/aromatic N) is 3. The summed E-state index contributed by atoms with van der Waals surface area (Å²) in [5.41, 5.74) is 1.66. The van der Waals surface area contributed by atoms with Crippen molar-refractivity contribution in [1.29, 1.82) is 0 Å². The maximum absolute atomic E-state index is 14.9. The number of benzene rings is 2. The molecule has 6 rings (SSSR count). The molecule has 4 fully saturated rings. The van der Waals surface area contributed by atoms with Crippen molar-refractivity contribution >= 4 is 47.5 Å². The molecule has 4 aliphatic heterocycles. The summed E-state index contributed by atoms with van der Waals surface area (Å²) in [6, 6.07) is 8.12. The Hall–Kier alpha value is -5.35. The zero-order valence-corrected chi connectivity index (χ0v) is 34.4. The van der Waals surface area contributed by atoms with Crippen LogP contribution in [0.25, 0.3) is 0 Å². The summed E-state index contributed by atoms with van der Waals surface area (Å²) in [6.07, 6.45) is 0.243. The van der Waals surface area contributed by atoms with E-state index in [0.717, 1.165) is 16.7 Å². The average Bonchev–Trinajstić information content (AvgIpc) is 3.76. The van der Waals surface area contributed by atoms with E-state index >= 15 is 0 Å². The van der Waals surface area contributed by atoms with Crippen LogP contribution in [0.2, 0.25) is 0 Å². The fourth-order valence-corrected chi connectivity index (χ4v) is 8.94. The molecular weight excluding hydrogens is 759 g/mol. The van der Waals surface area contributed by atoms with E-state index in [-0.39, 0.29) is 51.4 Å². The lowest BCUT2D eigenvalue weighted by molar-refractivity contribution is -0.155. The van der Waals surface area contributed by atoms with E-state index < -0.39 is 83.5 Å². The number of anilines is 1. The number of amides is 7. The van der Waals surface area contributed by atoms with Crippen LogP contribution in [0.4, 0.5) is 10.5 Å². The number of aryl methyl sites for hydroxylation is 2. The number of carbonyl (C=O) groups excluding carboxylic acids is 7. The van der Waals surface area contributed by atoms with Crippen LogP contribution in [-0.2, 0) is 39.9 Å². The summed E-state index contributed by atoms with van der Waals surface area (Å²) in [4.78, 5) is 102. The predicted molar refractivity (Wildman–Crippen MR) is 217 cm³/mol. The van der Waals surface area contributed by atoms with Crippen molar-refractivity contribution in [2.24, 2.45) is 5.92 Å². The molecule has 4 heterocycles. The van der Waals surface area contributed by atoms with E-state index in [1.165, 1.54) is 14.7 Å². The molecular formula is C43H57N7O9. The number of ether oxygens (including phenoxy) is 1. The number of piperidine rings is 1. The standard InChI is InChI=1S/C43H57N7O9/c1-25-10-8-12-30(16-25)18-33(46-42(58)45-31-13-9-11-26(2)17-31)37(53)47-36-29(5)59-24-43(23-51)20-27(3)21-50(43)39(55)28(4)44-38(54)34-14-6-7-15-48(34)40(56)35-19-32(52)22-49(35)41(36)57/h8-13,16-17,23,27-29,32-36,52H,6-7,14-15,18-22,24H2,1-5H3,(H,44,54)(H,47,53)(H2,45,46,58)/t27-,28+,29+,32-,33+,34+,35+,36+,43?/m1/s1. The van der Waals surface area contributed by atoms with Crippen LogP contribution < -0.4 is 21.3 Å². The van der Waals surface area contributed by atoms with Crippen molar-refractivity contribution in [3.05, 3.63) is 65.2 Å². The smallest absolute Gasteiger partial charge is 0.319 e. The lowest BCUT2D eigenvalue weighted by Gasteiger charge is -2.41. The summed E-state index contributed by atoms with van der Waals surface area (Å²) in [5, 5.41) is 22.1. The van der Waals surface area contributed by atoms with Crippen LogP contribution in [0.5, 0.6) is 0 Å². The van der Waals surface area contributed by atoms with Gasteiger partial charge in [0, 0.05) is 38.2 Å². The summed E-state index contributed by atoms with van der Waals surface area (Å²) in [5.74, 6) is -3.12. The zero-order chi connectivity index (χ0) is 42.6. The first-order chi connectivity index (χ1) is 28.1. The van der Waals surface area contributed by atoms with Gasteiger partial charge in [-0.3, -0.25) is 24.0 Å². The Kier molecular flexibility index (Phi) is 13.4. The van der Waals surface area contributed by atoms with Gasteiger partial charge in [-0.2, -0.15) is 0 Å². The Morgan fingerprint density at radius 1 is 0.949 bits per heavy atom. The van der Waals surface area contributed by atoms with Gasteiger partial charge in [0.1, 0.15) is 42.0 Å². The number of aliphatic hydroxyl groups excluding tert-OH is 1. The van der Waals surface area contributed by atoms with Gasteiger partial charge in [-0.1, -0.05) is 48.9 Å². The molecule has 2 aromatic carbocycles. The SMILES string of the molecule is Cc1cccc(C[C@H](NC(=O)Nc2cccc(C)c2)C(=O)N[C@@H]2C(=O)N3C[C@H](O)C[C@H]3C(=O)N3CCCC[C@H]3C(=O)N[C@@H](C)C(=O)N3C[C@H](C)CC3(C=O)CO[C@H]2C)c1. The van der Waals surface area contributed by atoms with Gasteiger partial charge in [-0.05, 0) is 82.6 Å². The third kappa shape index (κ3) is 9.76. The number of aldehydes is 1. The van der Waals surface area contributed by atoms with E-state index in [4.69, 9.17) is 4.74 Å². The molecule has 0 aliphatic carbocycles. The van der Waals surface area contributed by atoms with Crippen LogP contribution in [0.1, 0.15) is 69.6 Å². The van der Waals surface area contributed by atoms with Crippen LogP contribution in [0.15, 0.2) is 48.5 Å². The molecule has 16 heteroatoms. The van der Waals surface area contributed by atoms with Crippen molar-refractivity contribution in [1.82, 2.24) is 30.7 Å². The van der Waals surface area contributed by atoms with Crippen LogP contribution in [0.3, 0.4) is 0 Å². The van der Waals surface area contributed by atoms with Crippen molar-refractivity contribution in [3.8, 4) is 0 Å². The Bertz CT molecular complexity index is 1940. The fourth-order valence-electron chi connectivity index (χ4n) is 8.94. The number of urea groups is 1. The number of fused-ring (bicyclic) bond motifs is 3. The molecule has 7 amide bonds. The van der Waals surface area contributed by atoms with Gasteiger partial charge in [0.25, 0.3) is 0 Å². The Balaban J connectivity index is 1.36. The van der Waals surface area contributed by atoms with Crippen molar-refractivity contribution in [2.75, 3.05) is 31.6 Å². The normalized spacial score (nSPS) is 29.8. The summed E-state index contributed by atoms with van der Waals surface area (Å²) in [7, 11) is 0. The van der Waals surface area contributed by atoms with Gasteiger partial charge < -0.3 is 50.6 Å². The fraction of sp³-hybridized carbons (Fsp3) is 0.558. The summed E-state index contributed by atoms with van der Waals surface area (Å²) < 4.78 is 6.33. The number of nitrogens with one attached hydrogen (secondary N) is 4. The Morgan fingerprint density at radius 2 is 1.68 bits per heavy atom. The van der Waals surface area contributed by atoms with E-state index in [1.807, 2.05) is 51.1 Å². The summed E-state index contributed by atoms with van der Waals surface area (Å²) >= 11 is 0. The second-order valence-corrected chi connectivity index (χ2v) is 16.9. The average molecular weight is 816 g/mol. The van der Waals surface area contributed by atoms with Gasteiger partial charge in [0.2, 0.25) is 29.5 Å². The highest BCUT2D eigenvalue weighted by Gasteiger charge is 2.51. The van der Waals surface area contributed by atoms with E-state index in [9.17, 15) is 38.7 Å². The van der Waals surface area contributed by atoms with Gasteiger partial charge >= 0.3 is 6.03 Å². The largest absolute Gasteiger partial charge is 0.391 e. The maximum Gasteiger partial charge on any atom is 0.319 e. The first kappa shape index (κ1) is 43.2. The molecule has 9 atom stereocenters.